The smallest absolute Gasteiger partial charge is 0.00462 e. The molecule has 1 saturated heterocycles. The Kier molecular flexibility index (Phi) is 5.46. The number of hydrogen-bond donors (Lipinski definition) is 1. The fourth-order valence-electron chi connectivity index (χ4n) is 4.79. The van der Waals surface area contributed by atoms with Crippen molar-refractivity contribution in [3.63, 3.8) is 0 Å². The van der Waals surface area contributed by atoms with E-state index in [0.717, 1.165) is 17.8 Å². The van der Waals surface area contributed by atoms with Gasteiger partial charge < -0.3 is 5.32 Å². The average molecular weight is 314 g/mol. The highest BCUT2D eigenvalue weighted by Gasteiger charge is 2.31. The minimum absolute atomic E-state index is 0.486. The highest BCUT2D eigenvalue weighted by molar-refractivity contribution is 5.31. The monoisotopic (exact) mass is 313 g/mol. The van der Waals surface area contributed by atoms with Crippen molar-refractivity contribution in [2.75, 3.05) is 13.1 Å². The van der Waals surface area contributed by atoms with Crippen LogP contribution < -0.4 is 5.32 Å². The molecule has 3 rings (SSSR count). The molecule has 0 unspecified atom stereocenters. The van der Waals surface area contributed by atoms with Gasteiger partial charge in [-0.3, -0.25) is 0 Å². The lowest BCUT2D eigenvalue weighted by Crippen LogP contribution is -2.29. The maximum Gasteiger partial charge on any atom is -0.00462 e. The van der Waals surface area contributed by atoms with Gasteiger partial charge in [-0.05, 0) is 92.3 Å². The molecule has 1 heteroatoms. The van der Waals surface area contributed by atoms with Crippen LogP contribution in [0.25, 0.3) is 0 Å². The Balaban J connectivity index is 1.66. The Labute approximate surface area is 143 Å². The summed E-state index contributed by atoms with van der Waals surface area (Å²) in [4.78, 5) is 0. The van der Waals surface area contributed by atoms with Gasteiger partial charge in [-0.25, -0.2) is 0 Å². The lowest BCUT2D eigenvalue weighted by molar-refractivity contribution is 0.169. The Morgan fingerprint density at radius 2 is 1.57 bits per heavy atom. The lowest BCUT2D eigenvalue weighted by atomic mass is 9.68. The van der Waals surface area contributed by atoms with Crippen LogP contribution in [0.4, 0.5) is 0 Å². The van der Waals surface area contributed by atoms with Crippen LogP contribution in [0, 0.1) is 17.3 Å². The zero-order chi connectivity index (χ0) is 16.3. The second kappa shape index (κ2) is 7.38. The van der Waals surface area contributed by atoms with Gasteiger partial charge in [0.15, 0.2) is 0 Å². The van der Waals surface area contributed by atoms with E-state index < -0.39 is 0 Å². The molecule has 1 aromatic rings. The Morgan fingerprint density at radius 1 is 0.913 bits per heavy atom. The summed E-state index contributed by atoms with van der Waals surface area (Å²) in [7, 11) is 0. The molecule has 0 radical (unpaired) electrons. The molecule has 1 aliphatic carbocycles. The van der Waals surface area contributed by atoms with E-state index in [4.69, 9.17) is 0 Å². The third-order valence-corrected chi connectivity index (χ3v) is 6.41. The molecule has 0 bridgehead atoms. The maximum absolute atomic E-state index is 3.50. The van der Waals surface area contributed by atoms with Crippen molar-refractivity contribution in [2.45, 2.75) is 71.6 Å². The van der Waals surface area contributed by atoms with Crippen molar-refractivity contribution in [1.82, 2.24) is 5.32 Å². The molecule has 2 fully saturated rings. The van der Waals surface area contributed by atoms with E-state index in [1.54, 1.807) is 11.1 Å². The molecule has 2 aliphatic rings. The predicted molar refractivity (Wildman–Crippen MR) is 99.9 cm³/mol. The van der Waals surface area contributed by atoms with Gasteiger partial charge in [-0.1, -0.05) is 45.0 Å². The van der Waals surface area contributed by atoms with Gasteiger partial charge in [0.1, 0.15) is 0 Å². The summed E-state index contributed by atoms with van der Waals surface area (Å²) in [5, 5.41) is 3.50. The normalized spacial score (nSPS) is 27.1. The van der Waals surface area contributed by atoms with E-state index in [2.05, 4.69) is 50.4 Å². The van der Waals surface area contributed by atoms with Gasteiger partial charge in [-0.15, -0.1) is 0 Å². The molecule has 23 heavy (non-hydrogen) atoms. The van der Waals surface area contributed by atoms with Crippen LogP contribution in [0.3, 0.4) is 0 Å². The van der Waals surface area contributed by atoms with Gasteiger partial charge in [0.25, 0.3) is 0 Å². The van der Waals surface area contributed by atoms with E-state index in [-0.39, 0.29) is 0 Å². The van der Waals surface area contributed by atoms with Crippen LogP contribution in [-0.4, -0.2) is 13.1 Å². The first-order valence-electron chi connectivity index (χ1n) is 9.82. The van der Waals surface area contributed by atoms with E-state index in [9.17, 15) is 0 Å². The van der Waals surface area contributed by atoms with Crippen LogP contribution in [0.5, 0.6) is 0 Å². The zero-order valence-corrected chi connectivity index (χ0v) is 15.4. The van der Waals surface area contributed by atoms with Crippen molar-refractivity contribution in [3.05, 3.63) is 35.4 Å². The van der Waals surface area contributed by atoms with Crippen molar-refractivity contribution in [2.24, 2.45) is 17.3 Å². The van der Waals surface area contributed by atoms with Gasteiger partial charge in [-0.2, -0.15) is 0 Å². The van der Waals surface area contributed by atoms with Crippen LogP contribution in [-0.2, 0) is 6.42 Å². The third kappa shape index (κ3) is 4.38. The summed E-state index contributed by atoms with van der Waals surface area (Å²) >= 11 is 0. The summed E-state index contributed by atoms with van der Waals surface area (Å²) in [6, 6.07) is 9.35. The number of benzene rings is 1. The fourth-order valence-corrected chi connectivity index (χ4v) is 4.79. The van der Waals surface area contributed by atoms with Crippen molar-refractivity contribution in [3.8, 4) is 0 Å². The third-order valence-electron chi connectivity index (χ3n) is 6.41. The standard InChI is InChI=1S/C22H35N/c1-22(2,3)20-10-8-18(9-11-20)21-7-5-4-6-19(21)16-17-12-14-23-15-13-17/h4-7,17-18,20,23H,8-16H2,1-3H3. The van der Waals surface area contributed by atoms with E-state index in [1.165, 1.54) is 58.0 Å². The van der Waals surface area contributed by atoms with Crippen molar-refractivity contribution >= 4 is 0 Å². The molecule has 0 amide bonds. The Morgan fingerprint density at radius 3 is 2.22 bits per heavy atom. The molecule has 1 N–H and O–H groups in total. The SMILES string of the molecule is CC(C)(C)C1CCC(c2ccccc2CC2CCNCC2)CC1. The van der Waals surface area contributed by atoms with Crippen molar-refractivity contribution < 1.29 is 0 Å². The zero-order valence-electron chi connectivity index (χ0n) is 15.4. The molecule has 1 aliphatic heterocycles. The second-order valence-electron chi connectivity index (χ2n) is 9.01. The largest absolute Gasteiger partial charge is 0.317 e. The lowest BCUT2D eigenvalue weighted by Gasteiger charge is -2.37. The highest BCUT2D eigenvalue weighted by atomic mass is 14.9. The minimum Gasteiger partial charge on any atom is -0.317 e. The van der Waals surface area contributed by atoms with Crippen LogP contribution in [0.1, 0.15) is 76.3 Å². The molecule has 0 atom stereocenters. The maximum atomic E-state index is 3.50. The number of nitrogens with one attached hydrogen (secondary N) is 1. The molecule has 1 aromatic carbocycles. The first-order chi connectivity index (χ1) is 11.0. The van der Waals surface area contributed by atoms with Crippen molar-refractivity contribution in [1.29, 1.82) is 0 Å². The molecule has 0 spiro atoms. The summed E-state index contributed by atoms with van der Waals surface area (Å²) in [5.41, 5.74) is 3.82. The summed E-state index contributed by atoms with van der Waals surface area (Å²) in [6.07, 6.45) is 9.62. The summed E-state index contributed by atoms with van der Waals surface area (Å²) in [5.74, 6) is 2.62. The Bertz CT molecular complexity index is 485. The molecule has 128 valence electrons. The van der Waals surface area contributed by atoms with Crippen LogP contribution >= 0.6 is 0 Å². The first kappa shape index (κ1) is 17.0. The topological polar surface area (TPSA) is 12.0 Å². The predicted octanol–water partition coefficient (Wildman–Crippen LogP) is 5.55. The number of rotatable bonds is 3. The van der Waals surface area contributed by atoms with E-state index in [0.29, 0.717) is 5.41 Å². The molecule has 1 heterocycles. The number of hydrogen-bond acceptors (Lipinski definition) is 1. The van der Waals surface area contributed by atoms with Crippen LogP contribution in [0.15, 0.2) is 24.3 Å². The quantitative estimate of drug-likeness (QED) is 0.771. The molecular formula is C22H35N. The molecule has 0 aromatic heterocycles. The van der Waals surface area contributed by atoms with Gasteiger partial charge >= 0.3 is 0 Å². The molecule has 1 saturated carbocycles. The van der Waals surface area contributed by atoms with Gasteiger partial charge in [0.05, 0.1) is 0 Å². The first-order valence-corrected chi connectivity index (χ1v) is 9.82. The molecule has 1 nitrogen and oxygen atoms in total. The second-order valence-corrected chi connectivity index (χ2v) is 9.01. The summed E-state index contributed by atoms with van der Waals surface area (Å²) < 4.78 is 0. The fraction of sp³-hybridized carbons (Fsp3) is 0.727. The van der Waals surface area contributed by atoms with E-state index >= 15 is 0 Å². The van der Waals surface area contributed by atoms with Crippen LogP contribution in [0.2, 0.25) is 0 Å². The number of piperidine rings is 1. The minimum atomic E-state index is 0.486. The van der Waals surface area contributed by atoms with Gasteiger partial charge in [0, 0.05) is 0 Å². The Hall–Kier alpha value is -0.820. The highest BCUT2D eigenvalue weighted by Crippen LogP contribution is 2.44. The van der Waals surface area contributed by atoms with E-state index in [1.807, 2.05) is 0 Å². The molecular weight excluding hydrogens is 278 g/mol. The average Bonchev–Trinajstić information content (AvgIpc) is 2.56. The van der Waals surface area contributed by atoms with Gasteiger partial charge in [0.2, 0.25) is 0 Å². The summed E-state index contributed by atoms with van der Waals surface area (Å²) in [6.45, 7) is 9.68.